The molecular formula is C16H15F3N2O4. The maximum absolute atomic E-state index is 12.6. The fourth-order valence-electron chi connectivity index (χ4n) is 2.04. The van der Waals surface area contributed by atoms with Gasteiger partial charge in [0.15, 0.2) is 0 Å². The van der Waals surface area contributed by atoms with E-state index in [2.05, 4.69) is 5.32 Å². The Kier molecular flexibility index (Phi) is 5.68. The van der Waals surface area contributed by atoms with Crippen LogP contribution in [0.4, 0.5) is 24.5 Å². The van der Waals surface area contributed by atoms with Crippen LogP contribution in [-0.4, -0.2) is 25.2 Å². The third kappa shape index (κ3) is 5.00. The van der Waals surface area contributed by atoms with Crippen LogP contribution in [0.3, 0.4) is 0 Å². The van der Waals surface area contributed by atoms with Gasteiger partial charge < -0.3 is 14.8 Å². The molecule has 0 bridgehead atoms. The van der Waals surface area contributed by atoms with Crippen LogP contribution in [-0.2, 0) is 6.18 Å². The predicted octanol–water partition coefficient (Wildman–Crippen LogP) is 4.11. The van der Waals surface area contributed by atoms with Gasteiger partial charge in [0, 0.05) is 12.6 Å². The number of halogens is 3. The predicted molar refractivity (Wildman–Crippen MR) is 85.1 cm³/mol. The zero-order valence-corrected chi connectivity index (χ0v) is 13.2. The molecule has 0 spiro atoms. The average molecular weight is 356 g/mol. The Bertz CT molecular complexity index is 733. The van der Waals surface area contributed by atoms with Crippen LogP contribution in [0.2, 0.25) is 0 Å². The van der Waals surface area contributed by atoms with E-state index in [1.165, 1.54) is 7.11 Å². The summed E-state index contributed by atoms with van der Waals surface area (Å²) in [5.74, 6) is 1.25. The van der Waals surface area contributed by atoms with Crippen molar-refractivity contribution in [2.24, 2.45) is 0 Å². The molecule has 134 valence electrons. The number of nitrogens with zero attached hydrogens (tertiary/aromatic N) is 1. The van der Waals surface area contributed by atoms with E-state index in [0.717, 1.165) is 12.1 Å². The third-order valence-electron chi connectivity index (χ3n) is 3.27. The van der Waals surface area contributed by atoms with Crippen molar-refractivity contribution in [3.8, 4) is 11.5 Å². The van der Waals surface area contributed by atoms with Crippen LogP contribution in [0.5, 0.6) is 11.5 Å². The van der Waals surface area contributed by atoms with Gasteiger partial charge in [0.25, 0.3) is 5.69 Å². The number of benzene rings is 2. The molecule has 0 saturated heterocycles. The summed E-state index contributed by atoms with van der Waals surface area (Å²) in [6.45, 7) is 0.350. The molecule has 0 atom stereocenters. The van der Waals surface area contributed by atoms with Gasteiger partial charge >= 0.3 is 6.18 Å². The fraction of sp³-hybridized carbons (Fsp3) is 0.250. The number of ether oxygens (including phenoxy) is 2. The molecule has 0 fully saturated rings. The number of nitrogens with one attached hydrogen (secondary N) is 1. The first-order chi connectivity index (χ1) is 11.8. The number of alkyl halides is 3. The second kappa shape index (κ2) is 7.73. The van der Waals surface area contributed by atoms with Crippen molar-refractivity contribution < 1.29 is 27.6 Å². The highest BCUT2D eigenvalue weighted by Crippen LogP contribution is 2.34. The van der Waals surface area contributed by atoms with Crippen LogP contribution in [0.1, 0.15) is 5.56 Å². The smallest absolute Gasteiger partial charge is 0.416 e. The zero-order valence-electron chi connectivity index (χ0n) is 13.2. The van der Waals surface area contributed by atoms with Crippen molar-refractivity contribution in [3.63, 3.8) is 0 Å². The maximum atomic E-state index is 12.6. The molecule has 1 N–H and O–H groups in total. The van der Waals surface area contributed by atoms with E-state index in [4.69, 9.17) is 9.47 Å². The average Bonchev–Trinajstić information content (AvgIpc) is 2.58. The van der Waals surface area contributed by atoms with Gasteiger partial charge in [-0.25, -0.2) is 0 Å². The Morgan fingerprint density at radius 2 is 1.76 bits per heavy atom. The highest BCUT2D eigenvalue weighted by atomic mass is 19.4. The minimum Gasteiger partial charge on any atom is -0.497 e. The van der Waals surface area contributed by atoms with Crippen LogP contribution in [0.15, 0.2) is 42.5 Å². The maximum Gasteiger partial charge on any atom is 0.416 e. The van der Waals surface area contributed by atoms with E-state index >= 15 is 0 Å². The largest absolute Gasteiger partial charge is 0.497 e. The van der Waals surface area contributed by atoms with Gasteiger partial charge in [0.2, 0.25) is 0 Å². The Labute approximate surface area is 141 Å². The van der Waals surface area contributed by atoms with Gasteiger partial charge in [-0.15, -0.1) is 0 Å². The number of anilines is 1. The summed E-state index contributed by atoms with van der Waals surface area (Å²) in [6.07, 6.45) is -4.64. The first kappa shape index (κ1) is 18.4. The van der Waals surface area contributed by atoms with Crippen molar-refractivity contribution in [1.82, 2.24) is 0 Å². The van der Waals surface area contributed by atoms with Crippen molar-refractivity contribution in [1.29, 1.82) is 0 Å². The molecule has 0 heterocycles. The molecule has 0 aromatic heterocycles. The van der Waals surface area contributed by atoms with Crippen LogP contribution in [0, 0.1) is 10.1 Å². The molecular weight excluding hydrogens is 341 g/mol. The lowest BCUT2D eigenvalue weighted by Crippen LogP contribution is -2.13. The molecule has 2 aromatic rings. The van der Waals surface area contributed by atoms with Gasteiger partial charge in [-0.2, -0.15) is 13.2 Å². The highest BCUT2D eigenvalue weighted by Gasteiger charge is 2.32. The summed E-state index contributed by atoms with van der Waals surface area (Å²) in [6, 6.07) is 9.15. The summed E-state index contributed by atoms with van der Waals surface area (Å²) in [5.41, 5.74) is -1.71. The van der Waals surface area contributed by atoms with Crippen molar-refractivity contribution in [3.05, 3.63) is 58.1 Å². The number of methoxy groups -OCH3 is 1. The van der Waals surface area contributed by atoms with E-state index in [0.29, 0.717) is 17.6 Å². The van der Waals surface area contributed by atoms with Crippen LogP contribution < -0.4 is 14.8 Å². The SMILES string of the molecule is COc1ccc(OCCNc2ccc(C(F)(F)F)cc2[N+](=O)[O-])cc1. The molecule has 2 aromatic carbocycles. The lowest BCUT2D eigenvalue weighted by molar-refractivity contribution is -0.384. The van der Waals surface area contributed by atoms with E-state index in [-0.39, 0.29) is 18.8 Å². The Morgan fingerprint density at radius 1 is 1.12 bits per heavy atom. The van der Waals surface area contributed by atoms with Crippen LogP contribution >= 0.6 is 0 Å². The minimum atomic E-state index is -4.64. The van der Waals surface area contributed by atoms with Crippen LogP contribution in [0.25, 0.3) is 0 Å². The number of rotatable bonds is 7. The third-order valence-corrected chi connectivity index (χ3v) is 3.27. The molecule has 0 unspecified atom stereocenters. The van der Waals surface area contributed by atoms with Gasteiger partial charge in [-0.1, -0.05) is 0 Å². The molecule has 25 heavy (non-hydrogen) atoms. The zero-order chi connectivity index (χ0) is 18.4. The molecule has 0 aliphatic heterocycles. The Morgan fingerprint density at radius 3 is 2.32 bits per heavy atom. The van der Waals surface area contributed by atoms with Gasteiger partial charge in [-0.3, -0.25) is 10.1 Å². The standard InChI is InChI=1S/C16H15F3N2O4/c1-24-12-3-5-13(6-4-12)25-9-8-20-14-7-2-11(16(17,18)19)10-15(14)21(22)23/h2-7,10,20H,8-9H2,1H3. The number of nitro groups is 1. The monoisotopic (exact) mass is 356 g/mol. The number of hydrogen-bond donors (Lipinski definition) is 1. The minimum absolute atomic E-state index is 0.00340. The molecule has 6 nitrogen and oxygen atoms in total. The topological polar surface area (TPSA) is 73.6 Å². The Hall–Kier alpha value is -2.97. The van der Waals surface area contributed by atoms with Gasteiger partial charge in [-0.05, 0) is 36.4 Å². The molecule has 0 amide bonds. The molecule has 0 saturated carbocycles. The summed E-state index contributed by atoms with van der Waals surface area (Å²) < 4.78 is 48.4. The van der Waals surface area contributed by atoms with E-state index in [1.54, 1.807) is 24.3 Å². The highest BCUT2D eigenvalue weighted by molar-refractivity contribution is 5.62. The van der Waals surface area contributed by atoms with Gasteiger partial charge in [0.05, 0.1) is 17.6 Å². The molecule has 0 aliphatic rings. The molecule has 9 heteroatoms. The Balaban J connectivity index is 1.96. The van der Waals surface area contributed by atoms with Gasteiger partial charge in [0.1, 0.15) is 23.8 Å². The fourth-order valence-corrected chi connectivity index (χ4v) is 2.04. The lowest BCUT2D eigenvalue weighted by Gasteiger charge is -2.11. The van der Waals surface area contributed by atoms with Crippen molar-refractivity contribution >= 4 is 11.4 Å². The second-order valence-corrected chi connectivity index (χ2v) is 4.94. The molecule has 2 rings (SSSR count). The van der Waals surface area contributed by atoms with Crippen molar-refractivity contribution in [2.75, 3.05) is 25.6 Å². The summed E-state index contributed by atoms with van der Waals surface area (Å²) in [4.78, 5) is 10.1. The first-order valence-corrected chi connectivity index (χ1v) is 7.17. The number of hydrogen-bond acceptors (Lipinski definition) is 5. The normalized spacial score (nSPS) is 11.0. The summed E-state index contributed by atoms with van der Waals surface area (Å²) in [5, 5.41) is 13.7. The van der Waals surface area contributed by atoms with E-state index < -0.39 is 22.4 Å². The lowest BCUT2D eigenvalue weighted by atomic mass is 10.1. The summed E-state index contributed by atoms with van der Waals surface area (Å²) >= 11 is 0. The summed E-state index contributed by atoms with van der Waals surface area (Å²) in [7, 11) is 1.54. The quantitative estimate of drug-likeness (QED) is 0.459. The molecule has 0 radical (unpaired) electrons. The first-order valence-electron chi connectivity index (χ1n) is 7.17. The second-order valence-electron chi connectivity index (χ2n) is 4.94. The van der Waals surface area contributed by atoms with E-state index in [1.807, 2.05) is 0 Å². The number of nitro benzene ring substituents is 1. The van der Waals surface area contributed by atoms with Crippen molar-refractivity contribution in [2.45, 2.75) is 6.18 Å². The molecule has 0 aliphatic carbocycles. The van der Waals surface area contributed by atoms with E-state index in [9.17, 15) is 23.3 Å².